The third-order valence-electron chi connectivity index (χ3n) is 2.50. The quantitative estimate of drug-likeness (QED) is 0.609. The summed E-state index contributed by atoms with van der Waals surface area (Å²) < 4.78 is 26.4. The van der Waals surface area contributed by atoms with E-state index in [-0.39, 0.29) is 11.3 Å². The highest BCUT2D eigenvalue weighted by molar-refractivity contribution is 7.92. The van der Waals surface area contributed by atoms with Crippen molar-refractivity contribution < 1.29 is 23.1 Å². The van der Waals surface area contributed by atoms with Crippen LogP contribution in [0.5, 0.6) is 0 Å². The molecule has 110 valence electrons. The lowest BCUT2D eigenvalue weighted by atomic mass is 10.2. The Morgan fingerprint density at radius 1 is 1.33 bits per heavy atom. The van der Waals surface area contributed by atoms with Crippen LogP contribution in [-0.2, 0) is 10.0 Å². The van der Waals surface area contributed by atoms with Gasteiger partial charge in [0.1, 0.15) is 5.56 Å². The molecular weight excluding hydrogens is 300 g/mol. The van der Waals surface area contributed by atoms with Crippen LogP contribution in [0.3, 0.4) is 0 Å². The number of nitrogens with two attached hydrogens (primary N) is 1. The number of nitrogens with zero attached hydrogens (tertiary/aromatic N) is 1. The molecule has 5 N–H and O–H groups in total. The van der Waals surface area contributed by atoms with Gasteiger partial charge in [-0.3, -0.25) is 14.6 Å². The summed E-state index contributed by atoms with van der Waals surface area (Å²) in [5.41, 5.74) is 4.78. The third kappa shape index (κ3) is 3.00. The number of H-pyrrole nitrogens is 1. The molecule has 0 aliphatic heterocycles. The van der Waals surface area contributed by atoms with Crippen molar-refractivity contribution in [2.45, 2.75) is 5.03 Å². The number of carbonyl (C=O) groups is 2. The molecule has 10 heteroatoms. The molecule has 0 bridgehead atoms. The fraction of sp³-hybridized carbons (Fsp3) is 0. The maximum absolute atomic E-state index is 12.1. The molecule has 0 spiro atoms. The van der Waals surface area contributed by atoms with Crippen LogP contribution in [-0.4, -0.2) is 35.6 Å². The molecular formula is C11H10N4O5S. The predicted molar refractivity (Wildman–Crippen MR) is 71.3 cm³/mol. The van der Waals surface area contributed by atoms with Gasteiger partial charge in [0.2, 0.25) is 5.91 Å². The van der Waals surface area contributed by atoms with E-state index in [4.69, 9.17) is 10.8 Å². The first-order valence-corrected chi connectivity index (χ1v) is 6.99. The summed E-state index contributed by atoms with van der Waals surface area (Å²) >= 11 is 0. The number of sulfonamides is 1. The van der Waals surface area contributed by atoms with Crippen molar-refractivity contribution in [2.75, 3.05) is 4.72 Å². The van der Waals surface area contributed by atoms with Crippen molar-refractivity contribution in [2.24, 2.45) is 5.73 Å². The average Bonchev–Trinajstić information content (AvgIpc) is 2.88. The summed E-state index contributed by atoms with van der Waals surface area (Å²) in [6.07, 6.45) is 0.886. The van der Waals surface area contributed by atoms with Gasteiger partial charge in [0.25, 0.3) is 10.0 Å². The second kappa shape index (κ2) is 5.25. The van der Waals surface area contributed by atoms with Crippen molar-refractivity contribution in [3.05, 3.63) is 41.6 Å². The van der Waals surface area contributed by atoms with Crippen molar-refractivity contribution in [3.63, 3.8) is 0 Å². The van der Waals surface area contributed by atoms with E-state index in [1.165, 1.54) is 24.3 Å². The number of carboxylic acids is 1. The molecule has 1 aromatic heterocycles. The number of carboxylic acid groups (broad SMARTS) is 1. The van der Waals surface area contributed by atoms with E-state index in [0.29, 0.717) is 0 Å². The molecule has 9 nitrogen and oxygen atoms in total. The molecule has 0 radical (unpaired) electrons. The number of aromatic carboxylic acids is 1. The number of benzene rings is 1. The number of anilines is 1. The van der Waals surface area contributed by atoms with E-state index >= 15 is 0 Å². The standard InChI is InChI=1S/C11H10N4O5S/c12-9(16)6-2-1-3-7(4-6)15-21(19,20)10-8(11(17)18)5-13-14-10/h1-5,15H,(H2,12,16)(H,13,14)(H,17,18). The summed E-state index contributed by atoms with van der Waals surface area (Å²) in [7, 11) is -4.19. The number of aromatic amines is 1. The lowest BCUT2D eigenvalue weighted by Crippen LogP contribution is -2.17. The molecule has 2 rings (SSSR count). The molecule has 21 heavy (non-hydrogen) atoms. The van der Waals surface area contributed by atoms with E-state index in [2.05, 4.69) is 14.9 Å². The summed E-state index contributed by atoms with van der Waals surface area (Å²) in [5, 5.41) is 13.8. The molecule has 1 aromatic carbocycles. The lowest BCUT2D eigenvalue weighted by molar-refractivity contribution is 0.0692. The van der Waals surface area contributed by atoms with E-state index in [1.54, 1.807) is 0 Å². The smallest absolute Gasteiger partial charge is 0.340 e. The first kappa shape index (κ1) is 14.5. The molecule has 0 unspecified atom stereocenters. The van der Waals surface area contributed by atoms with Crippen LogP contribution in [0, 0.1) is 0 Å². The van der Waals surface area contributed by atoms with Gasteiger partial charge in [0, 0.05) is 11.3 Å². The van der Waals surface area contributed by atoms with E-state index in [0.717, 1.165) is 6.20 Å². The van der Waals surface area contributed by atoms with Crippen LogP contribution >= 0.6 is 0 Å². The van der Waals surface area contributed by atoms with E-state index in [9.17, 15) is 18.0 Å². The van der Waals surface area contributed by atoms with Gasteiger partial charge in [-0.05, 0) is 18.2 Å². The number of aromatic nitrogens is 2. The van der Waals surface area contributed by atoms with E-state index in [1.807, 2.05) is 0 Å². The summed E-state index contributed by atoms with van der Waals surface area (Å²) in [5.74, 6) is -2.15. The average molecular weight is 310 g/mol. The van der Waals surface area contributed by atoms with Crippen LogP contribution in [0.1, 0.15) is 20.7 Å². The minimum atomic E-state index is -4.19. The molecule has 1 amide bonds. The van der Waals surface area contributed by atoms with Gasteiger partial charge in [-0.1, -0.05) is 6.07 Å². The Morgan fingerprint density at radius 3 is 2.67 bits per heavy atom. The van der Waals surface area contributed by atoms with Crippen LogP contribution in [0.2, 0.25) is 0 Å². The van der Waals surface area contributed by atoms with Crippen molar-refractivity contribution in [3.8, 4) is 0 Å². The topological polar surface area (TPSA) is 155 Å². The van der Waals surface area contributed by atoms with Crippen molar-refractivity contribution in [1.29, 1.82) is 0 Å². The largest absolute Gasteiger partial charge is 0.478 e. The number of hydrogen-bond donors (Lipinski definition) is 4. The fourth-order valence-electron chi connectivity index (χ4n) is 1.57. The van der Waals surface area contributed by atoms with Crippen molar-refractivity contribution in [1.82, 2.24) is 10.2 Å². The second-order valence-corrected chi connectivity index (χ2v) is 5.59. The molecule has 0 fully saturated rings. The van der Waals surface area contributed by atoms with Gasteiger partial charge in [0.05, 0.1) is 6.20 Å². The Kier molecular flexibility index (Phi) is 3.63. The first-order valence-electron chi connectivity index (χ1n) is 5.50. The highest BCUT2D eigenvalue weighted by Gasteiger charge is 2.25. The lowest BCUT2D eigenvalue weighted by Gasteiger charge is -2.07. The van der Waals surface area contributed by atoms with Gasteiger partial charge >= 0.3 is 5.97 Å². The predicted octanol–water partition coefficient (Wildman–Crippen LogP) is 0.00760. The van der Waals surface area contributed by atoms with Crippen LogP contribution in [0.4, 0.5) is 5.69 Å². The monoisotopic (exact) mass is 310 g/mol. The van der Waals surface area contributed by atoms with Gasteiger partial charge in [-0.25, -0.2) is 4.79 Å². The second-order valence-electron chi connectivity index (χ2n) is 3.97. The Bertz CT molecular complexity index is 812. The Hall–Kier alpha value is -2.88. The van der Waals surface area contributed by atoms with Crippen molar-refractivity contribution >= 4 is 27.6 Å². The SMILES string of the molecule is NC(=O)c1cccc(NS(=O)(=O)c2[nH]ncc2C(=O)O)c1. The zero-order valence-corrected chi connectivity index (χ0v) is 11.2. The van der Waals surface area contributed by atoms with E-state index < -0.39 is 32.5 Å². The van der Waals surface area contributed by atoms with Gasteiger partial charge in [-0.15, -0.1) is 0 Å². The highest BCUT2D eigenvalue weighted by Crippen LogP contribution is 2.18. The molecule has 2 aromatic rings. The Balaban J connectivity index is 2.38. The zero-order valence-electron chi connectivity index (χ0n) is 10.4. The highest BCUT2D eigenvalue weighted by atomic mass is 32.2. The van der Waals surface area contributed by atoms with Gasteiger partial charge in [-0.2, -0.15) is 13.5 Å². The van der Waals surface area contributed by atoms with Crippen LogP contribution in [0.25, 0.3) is 0 Å². The molecule has 0 saturated heterocycles. The Morgan fingerprint density at radius 2 is 2.05 bits per heavy atom. The van der Waals surface area contributed by atoms with Crippen LogP contribution in [0.15, 0.2) is 35.5 Å². The molecule has 1 heterocycles. The summed E-state index contributed by atoms with van der Waals surface area (Å²) in [4.78, 5) is 22.0. The number of hydrogen-bond acceptors (Lipinski definition) is 5. The van der Waals surface area contributed by atoms with Gasteiger partial charge in [0.15, 0.2) is 5.03 Å². The zero-order chi connectivity index (χ0) is 15.6. The summed E-state index contributed by atoms with van der Waals surface area (Å²) in [6.45, 7) is 0. The van der Waals surface area contributed by atoms with Crippen LogP contribution < -0.4 is 10.5 Å². The minimum absolute atomic E-state index is 0.0669. The number of amides is 1. The number of carbonyl (C=O) groups excluding carboxylic acids is 1. The number of primary amides is 1. The maximum atomic E-state index is 12.1. The molecule has 0 saturated carbocycles. The molecule has 0 atom stereocenters. The molecule has 0 aliphatic carbocycles. The first-order chi connectivity index (χ1) is 9.81. The molecule has 0 aliphatic rings. The number of nitrogens with one attached hydrogen (secondary N) is 2. The number of rotatable bonds is 5. The maximum Gasteiger partial charge on any atom is 0.340 e. The Labute approximate surface area is 118 Å². The third-order valence-corrected chi connectivity index (χ3v) is 3.86. The fourth-order valence-corrected chi connectivity index (χ4v) is 2.72. The normalized spacial score (nSPS) is 11.0. The van der Waals surface area contributed by atoms with Gasteiger partial charge < -0.3 is 10.8 Å². The minimum Gasteiger partial charge on any atom is -0.478 e. The summed E-state index contributed by atoms with van der Waals surface area (Å²) in [6, 6.07) is 5.47.